The topological polar surface area (TPSA) is 61.5 Å². The molecule has 1 heterocycles. The fourth-order valence-corrected chi connectivity index (χ4v) is 3.17. The first kappa shape index (κ1) is 21.3. The quantitative estimate of drug-likeness (QED) is 0.567. The number of hydrogen-bond donors (Lipinski definition) is 3. The molecule has 0 spiro atoms. The largest absolute Gasteiger partial charge is 0.505 e. The van der Waals surface area contributed by atoms with Crippen LogP contribution in [-0.4, -0.2) is 36.2 Å². The smallest absolute Gasteiger partial charge is 0.143 e. The van der Waals surface area contributed by atoms with Gasteiger partial charge in [0.15, 0.2) is 0 Å². The third kappa shape index (κ3) is 4.42. The van der Waals surface area contributed by atoms with Crippen molar-refractivity contribution < 1.29 is 5.11 Å². The minimum absolute atomic E-state index is 0. The number of phenols is 1. The van der Waals surface area contributed by atoms with Crippen molar-refractivity contribution in [3.8, 4) is 5.75 Å². The molecule has 0 amide bonds. The summed E-state index contributed by atoms with van der Waals surface area (Å²) in [4.78, 5) is 2.46. The van der Waals surface area contributed by atoms with Crippen molar-refractivity contribution in [1.82, 2.24) is 10.2 Å². The maximum atomic E-state index is 10.5. The van der Waals surface area contributed by atoms with E-state index < -0.39 is 0 Å². The van der Waals surface area contributed by atoms with Crippen LogP contribution < -0.4 is 11.1 Å². The molecule has 1 aliphatic rings. The molecular formula is C16H29Cl2N3O. The second-order valence-corrected chi connectivity index (χ2v) is 6.79. The highest BCUT2D eigenvalue weighted by molar-refractivity contribution is 5.85. The van der Waals surface area contributed by atoms with E-state index in [0.29, 0.717) is 5.69 Å². The first-order valence-corrected chi connectivity index (χ1v) is 7.35. The number of hydrogen-bond acceptors (Lipinski definition) is 4. The minimum Gasteiger partial charge on any atom is -0.505 e. The van der Waals surface area contributed by atoms with E-state index in [1.54, 1.807) is 6.07 Å². The van der Waals surface area contributed by atoms with E-state index >= 15 is 0 Å². The Kier molecular flexibility index (Phi) is 8.00. The van der Waals surface area contributed by atoms with Gasteiger partial charge in [-0.1, -0.05) is 26.8 Å². The molecule has 1 aromatic rings. The van der Waals surface area contributed by atoms with E-state index in [-0.39, 0.29) is 42.0 Å². The van der Waals surface area contributed by atoms with Gasteiger partial charge in [-0.3, -0.25) is 4.90 Å². The zero-order valence-electron chi connectivity index (χ0n) is 13.8. The number of phenolic OH excluding ortho intramolecular Hbond substituents is 1. The molecule has 6 heteroatoms. The number of aromatic hydroxyl groups is 1. The second kappa shape index (κ2) is 8.25. The summed E-state index contributed by atoms with van der Waals surface area (Å²) < 4.78 is 0. The molecule has 1 aliphatic heterocycles. The minimum atomic E-state index is 0. The van der Waals surface area contributed by atoms with E-state index in [1.807, 2.05) is 6.07 Å². The number of rotatable bonds is 2. The number of nitrogens with one attached hydrogen (secondary N) is 1. The molecule has 1 fully saturated rings. The summed E-state index contributed by atoms with van der Waals surface area (Å²) >= 11 is 0. The second-order valence-electron chi connectivity index (χ2n) is 6.79. The molecule has 0 aliphatic carbocycles. The van der Waals surface area contributed by atoms with Gasteiger partial charge in [0.2, 0.25) is 0 Å². The monoisotopic (exact) mass is 349 g/mol. The first-order chi connectivity index (χ1) is 9.32. The number of anilines is 1. The van der Waals surface area contributed by atoms with Crippen LogP contribution in [0.3, 0.4) is 0 Å². The lowest BCUT2D eigenvalue weighted by atomic mass is 9.79. The molecule has 0 bridgehead atoms. The maximum absolute atomic E-state index is 10.5. The lowest BCUT2D eigenvalue weighted by Crippen LogP contribution is -2.48. The van der Waals surface area contributed by atoms with Gasteiger partial charge in [0.05, 0.1) is 5.69 Å². The highest BCUT2D eigenvalue weighted by Gasteiger charge is 2.35. The molecule has 4 nitrogen and oxygen atoms in total. The highest BCUT2D eigenvalue weighted by atomic mass is 35.5. The average molecular weight is 350 g/mol. The van der Waals surface area contributed by atoms with Gasteiger partial charge >= 0.3 is 0 Å². The number of halogens is 2. The summed E-state index contributed by atoms with van der Waals surface area (Å²) in [5.74, 6) is 0.253. The summed E-state index contributed by atoms with van der Waals surface area (Å²) in [6.45, 7) is 12.7. The van der Waals surface area contributed by atoms with Gasteiger partial charge in [-0.05, 0) is 24.0 Å². The van der Waals surface area contributed by atoms with Crippen molar-refractivity contribution in [3.05, 3.63) is 23.3 Å². The molecule has 22 heavy (non-hydrogen) atoms. The zero-order valence-corrected chi connectivity index (χ0v) is 15.5. The number of aryl methyl sites for hydroxylation is 1. The van der Waals surface area contributed by atoms with Crippen molar-refractivity contribution in [2.45, 2.75) is 33.7 Å². The highest BCUT2D eigenvalue weighted by Crippen LogP contribution is 2.44. The van der Waals surface area contributed by atoms with Crippen molar-refractivity contribution in [2.75, 3.05) is 31.9 Å². The third-order valence-electron chi connectivity index (χ3n) is 4.08. The Morgan fingerprint density at radius 3 is 2.23 bits per heavy atom. The molecule has 1 atom stereocenters. The molecule has 0 unspecified atom stereocenters. The number of piperazine rings is 1. The van der Waals surface area contributed by atoms with E-state index in [1.165, 1.54) is 0 Å². The van der Waals surface area contributed by atoms with Crippen LogP contribution in [0.4, 0.5) is 5.69 Å². The van der Waals surface area contributed by atoms with Gasteiger partial charge < -0.3 is 16.2 Å². The van der Waals surface area contributed by atoms with Crippen LogP contribution >= 0.6 is 24.8 Å². The van der Waals surface area contributed by atoms with Crippen molar-refractivity contribution in [3.63, 3.8) is 0 Å². The van der Waals surface area contributed by atoms with Gasteiger partial charge in [0.25, 0.3) is 0 Å². The third-order valence-corrected chi connectivity index (χ3v) is 4.08. The van der Waals surface area contributed by atoms with Crippen LogP contribution in [0.15, 0.2) is 12.1 Å². The van der Waals surface area contributed by atoms with E-state index in [0.717, 1.165) is 37.3 Å². The van der Waals surface area contributed by atoms with Gasteiger partial charge in [-0.25, -0.2) is 0 Å². The van der Waals surface area contributed by atoms with Gasteiger partial charge in [-0.15, -0.1) is 24.8 Å². The normalized spacial score (nSPS) is 17.3. The molecule has 128 valence electrons. The molecule has 0 saturated carbocycles. The van der Waals surface area contributed by atoms with Crippen LogP contribution in [0.5, 0.6) is 5.75 Å². The fraction of sp³-hybridized carbons (Fsp3) is 0.625. The van der Waals surface area contributed by atoms with Gasteiger partial charge in [0, 0.05) is 37.8 Å². The Morgan fingerprint density at radius 2 is 1.73 bits per heavy atom. The van der Waals surface area contributed by atoms with E-state index in [4.69, 9.17) is 5.73 Å². The summed E-state index contributed by atoms with van der Waals surface area (Å²) in [5, 5.41) is 13.9. The first-order valence-electron chi connectivity index (χ1n) is 7.35. The Labute approximate surface area is 146 Å². The summed E-state index contributed by atoms with van der Waals surface area (Å²) in [5.41, 5.74) is 8.51. The summed E-state index contributed by atoms with van der Waals surface area (Å²) in [7, 11) is 0. The van der Waals surface area contributed by atoms with Crippen molar-refractivity contribution in [1.29, 1.82) is 0 Å². The number of nitrogens with zero attached hydrogens (tertiary/aromatic N) is 1. The number of nitrogen functional groups attached to an aromatic ring is 1. The Morgan fingerprint density at radius 1 is 1.18 bits per heavy atom. The molecule has 0 aromatic heterocycles. The average Bonchev–Trinajstić information content (AvgIpc) is 2.39. The fourth-order valence-electron chi connectivity index (χ4n) is 3.17. The van der Waals surface area contributed by atoms with Crippen molar-refractivity contribution >= 4 is 30.5 Å². The standard InChI is InChI=1S/C16H27N3O.2ClH/c1-11-5-6-12(17)14(20)13(11)15(16(2,3)4)19-9-7-18-8-10-19;;/h5-6,15,18,20H,7-10,17H2,1-4H3;2*1H/t15-;;/m0../s1. The van der Waals surface area contributed by atoms with Crippen LogP contribution in [0, 0.1) is 12.3 Å². The summed E-state index contributed by atoms with van der Waals surface area (Å²) in [6, 6.07) is 3.96. The van der Waals surface area contributed by atoms with E-state index in [2.05, 4.69) is 37.9 Å². The molecule has 1 aromatic carbocycles. The van der Waals surface area contributed by atoms with Crippen molar-refractivity contribution in [2.24, 2.45) is 5.41 Å². The molecule has 4 N–H and O–H groups in total. The Bertz CT molecular complexity index is 483. The maximum Gasteiger partial charge on any atom is 0.143 e. The van der Waals surface area contributed by atoms with Crippen LogP contribution in [-0.2, 0) is 0 Å². The number of benzene rings is 1. The molecule has 0 radical (unpaired) electrons. The SMILES string of the molecule is Cc1ccc(N)c(O)c1[C@H](N1CCNCC1)C(C)(C)C.Cl.Cl. The van der Waals surface area contributed by atoms with E-state index in [9.17, 15) is 5.11 Å². The predicted molar refractivity (Wildman–Crippen MR) is 98.4 cm³/mol. The Hall–Kier alpha value is -0.680. The predicted octanol–water partition coefficient (Wildman–Crippen LogP) is 3.12. The van der Waals surface area contributed by atoms with Gasteiger partial charge in [-0.2, -0.15) is 0 Å². The van der Waals surface area contributed by atoms with Crippen LogP contribution in [0.25, 0.3) is 0 Å². The zero-order chi connectivity index (χ0) is 14.9. The van der Waals surface area contributed by atoms with Crippen LogP contribution in [0.2, 0.25) is 0 Å². The molecule has 1 saturated heterocycles. The molecular weight excluding hydrogens is 321 g/mol. The lowest BCUT2D eigenvalue weighted by molar-refractivity contribution is 0.0838. The van der Waals surface area contributed by atoms with Gasteiger partial charge in [0.1, 0.15) is 5.75 Å². The molecule has 2 rings (SSSR count). The lowest BCUT2D eigenvalue weighted by Gasteiger charge is -2.43. The number of nitrogens with two attached hydrogens (primary N) is 1. The Balaban J connectivity index is 0.00000220. The summed E-state index contributed by atoms with van der Waals surface area (Å²) in [6.07, 6.45) is 0. The van der Waals surface area contributed by atoms with Crippen LogP contribution in [0.1, 0.15) is 37.9 Å².